The molecule has 0 radical (unpaired) electrons. The van der Waals surface area contributed by atoms with Crippen LogP contribution < -0.4 is 9.47 Å². The van der Waals surface area contributed by atoms with Crippen LogP contribution in [0.2, 0.25) is 0 Å². The first-order chi connectivity index (χ1) is 15.6. The van der Waals surface area contributed by atoms with E-state index in [-0.39, 0.29) is 5.91 Å². The van der Waals surface area contributed by atoms with Crippen molar-refractivity contribution in [1.82, 2.24) is 9.88 Å². The molecule has 1 amide bonds. The van der Waals surface area contributed by atoms with E-state index in [1.54, 1.807) is 25.6 Å². The van der Waals surface area contributed by atoms with Crippen molar-refractivity contribution in [2.75, 3.05) is 40.5 Å². The van der Waals surface area contributed by atoms with Gasteiger partial charge in [0.1, 0.15) is 16.3 Å². The van der Waals surface area contributed by atoms with E-state index in [2.05, 4.69) is 0 Å². The van der Waals surface area contributed by atoms with Crippen molar-refractivity contribution < 1.29 is 19.0 Å². The van der Waals surface area contributed by atoms with Crippen LogP contribution >= 0.6 is 11.3 Å². The number of amides is 1. The van der Waals surface area contributed by atoms with Gasteiger partial charge in [0.25, 0.3) is 5.91 Å². The lowest BCUT2D eigenvalue weighted by Crippen LogP contribution is -2.41. The van der Waals surface area contributed by atoms with E-state index in [0.29, 0.717) is 43.4 Å². The SMILES string of the molecule is COc1cc(OC)cc(-c2c(C(=O)N3CCOCC3)c(C)nc3sc4c(c23)CCCC4)c1. The van der Waals surface area contributed by atoms with Crippen molar-refractivity contribution in [3.63, 3.8) is 0 Å². The van der Waals surface area contributed by atoms with Crippen LogP contribution in [0.3, 0.4) is 0 Å². The van der Waals surface area contributed by atoms with Crippen LogP contribution in [0.25, 0.3) is 21.3 Å². The van der Waals surface area contributed by atoms with Gasteiger partial charge in [-0.05, 0) is 55.9 Å². The summed E-state index contributed by atoms with van der Waals surface area (Å²) in [5.41, 5.74) is 4.70. The van der Waals surface area contributed by atoms with Crippen LogP contribution in [0.4, 0.5) is 0 Å². The van der Waals surface area contributed by atoms with E-state index < -0.39 is 0 Å². The van der Waals surface area contributed by atoms with Gasteiger partial charge in [0, 0.05) is 35.0 Å². The Morgan fingerprint density at radius 2 is 1.75 bits per heavy atom. The standard InChI is InChI=1S/C25H28N2O4S/c1-15-21(25(28)27-8-10-31-11-9-27)22(16-12-17(29-2)14-18(13-16)30-3)23-19-6-4-5-7-20(19)32-24(23)26-15/h12-14H,4-11H2,1-3H3. The highest BCUT2D eigenvalue weighted by Crippen LogP contribution is 2.44. The Kier molecular flexibility index (Phi) is 5.78. The summed E-state index contributed by atoms with van der Waals surface area (Å²) in [5.74, 6) is 1.43. The van der Waals surface area contributed by atoms with Gasteiger partial charge in [0.2, 0.25) is 0 Å². The normalized spacial score (nSPS) is 16.2. The molecule has 3 aromatic rings. The molecule has 1 fully saturated rings. The second-order valence-corrected chi connectivity index (χ2v) is 9.43. The van der Waals surface area contributed by atoms with Gasteiger partial charge in [-0.25, -0.2) is 4.98 Å². The lowest BCUT2D eigenvalue weighted by atomic mass is 9.89. The Bertz CT molecular complexity index is 1160. The fraction of sp³-hybridized carbons (Fsp3) is 0.440. The molecule has 168 valence electrons. The van der Waals surface area contributed by atoms with Gasteiger partial charge < -0.3 is 19.1 Å². The zero-order valence-corrected chi connectivity index (χ0v) is 19.6. The molecule has 7 heteroatoms. The molecule has 1 aromatic carbocycles. The summed E-state index contributed by atoms with van der Waals surface area (Å²) in [4.78, 5) is 23.1. The molecule has 32 heavy (non-hydrogen) atoms. The fourth-order valence-corrected chi connectivity index (χ4v) is 6.15. The number of carbonyl (C=O) groups is 1. The third-order valence-electron chi connectivity index (χ3n) is 6.44. The second kappa shape index (κ2) is 8.71. The summed E-state index contributed by atoms with van der Waals surface area (Å²) in [5, 5.41) is 1.13. The van der Waals surface area contributed by atoms with Crippen LogP contribution in [0.5, 0.6) is 11.5 Å². The Balaban J connectivity index is 1.81. The number of hydrogen-bond donors (Lipinski definition) is 0. The number of methoxy groups -OCH3 is 2. The maximum atomic E-state index is 13.8. The van der Waals surface area contributed by atoms with E-state index in [0.717, 1.165) is 39.9 Å². The van der Waals surface area contributed by atoms with E-state index >= 15 is 0 Å². The fourth-order valence-electron chi connectivity index (χ4n) is 4.83. The van der Waals surface area contributed by atoms with Gasteiger partial charge in [0.05, 0.1) is 38.7 Å². The number of hydrogen-bond acceptors (Lipinski definition) is 6. The number of aromatic nitrogens is 1. The zero-order valence-electron chi connectivity index (χ0n) is 18.8. The smallest absolute Gasteiger partial charge is 0.256 e. The topological polar surface area (TPSA) is 60.9 Å². The third-order valence-corrected chi connectivity index (χ3v) is 7.62. The lowest BCUT2D eigenvalue weighted by molar-refractivity contribution is 0.0302. The molecule has 6 nitrogen and oxygen atoms in total. The quantitative estimate of drug-likeness (QED) is 0.577. The van der Waals surface area contributed by atoms with Crippen LogP contribution in [-0.4, -0.2) is 56.3 Å². The number of morpholine rings is 1. The summed E-state index contributed by atoms with van der Waals surface area (Å²) in [6.45, 7) is 4.28. The first kappa shape index (κ1) is 21.2. The van der Waals surface area contributed by atoms with Crippen LogP contribution in [-0.2, 0) is 17.6 Å². The molecule has 1 saturated heterocycles. The van der Waals surface area contributed by atoms with Crippen LogP contribution in [0.15, 0.2) is 18.2 Å². The highest BCUT2D eigenvalue weighted by Gasteiger charge is 2.29. The first-order valence-corrected chi connectivity index (χ1v) is 12.0. The number of nitrogens with zero attached hydrogens (tertiary/aromatic N) is 2. The van der Waals surface area contributed by atoms with Gasteiger partial charge in [0.15, 0.2) is 0 Å². The predicted octanol–water partition coefficient (Wildman–Crippen LogP) is 4.64. The Hall–Kier alpha value is -2.64. The molecule has 0 N–H and O–H groups in total. The number of thiophene rings is 1. The van der Waals surface area contributed by atoms with Crippen LogP contribution in [0.1, 0.15) is 39.3 Å². The van der Waals surface area contributed by atoms with Gasteiger partial charge in [-0.1, -0.05) is 0 Å². The molecule has 0 bridgehead atoms. The molecule has 2 aliphatic rings. The summed E-state index contributed by atoms with van der Waals surface area (Å²) >= 11 is 1.78. The molecular formula is C25H28N2O4S. The van der Waals surface area contributed by atoms with Crippen molar-refractivity contribution in [3.05, 3.63) is 39.9 Å². The average Bonchev–Trinajstić information content (AvgIpc) is 3.20. The van der Waals surface area contributed by atoms with E-state index in [4.69, 9.17) is 19.2 Å². The lowest BCUT2D eigenvalue weighted by Gasteiger charge is -2.28. The summed E-state index contributed by atoms with van der Waals surface area (Å²) in [7, 11) is 3.30. The Labute approximate surface area is 192 Å². The van der Waals surface area contributed by atoms with Crippen molar-refractivity contribution >= 4 is 27.5 Å². The molecule has 1 aliphatic carbocycles. The highest BCUT2D eigenvalue weighted by molar-refractivity contribution is 7.19. The maximum absolute atomic E-state index is 13.8. The number of aryl methyl sites for hydroxylation is 3. The van der Waals surface area contributed by atoms with Crippen molar-refractivity contribution in [2.45, 2.75) is 32.6 Å². The molecule has 0 atom stereocenters. The van der Waals surface area contributed by atoms with Gasteiger partial charge >= 0.3 is 0 Å². The molecule has 5 rings (SSSR count). The first-order valence-electron chi connectivity index (χ1n) is 11.2. The summed E-state index contributed by atoms with van der Waals surface area (Å²) in [6.07, 6.45) is 4.49. The monoisotopic (exact) mass is 452 g/mol. The predicted molar refractivity (Wildman–Crippen MR) is 126 cm³/mol. The minimum Gasteiger partial charge on any atom is -0.497 e. The molecule has 1 aliphatic heterocycles. The van der Waals surface area contributed by atoms with E-state index in [1.165, 1.54) is 23.3 Å². The zero-order chi connectivity index (χ0) is 22.2. The van der Waals surface area contributed by atoms with Crippen molar-refractivity contribution in [2.24, 2.45) is 0 Å². The van der Waals surface area contributed by atoms with Crippen LogP contribution in [0, 0.1) is 6.92 Å². The molecular weight excluding hydrogens is 424 g/mol. The molecule has 2 aromatic heterocycles. The number of rotatable bonds is 4. The number of fused-ring (bicyclic) bond motifs is 3. The van der Waals surface area contributed by atoms with E-state index in [1.807, 2.05) is 30.0 Å². The molecule has 0 spiro atoms. The van der Waals surface area contributed by atoms with Gasteiger partial charge in [-0.3, -0.25) is 4.79 Å². The number of benzene rings is 1. The van der Waals surface area contributed by atoms with E-state index in [9.17, 15) is 4.79 Å². The number of carbonyl (C=O) groups excluding carboxylic acids is 1. The number of pyridine rings is 1. The Morgan fingerprint density at radius 1 is 1.06 bits per heavy atom. The third kappa shape index (κ3) is 3.63. The maximum Gasteiger partial charge on any atom is 0.256 e. The van der Waals surface area contributed by atoms with Gasteiger partial charge in [-0.2, -0.15) is 0 Å². The summed E-state index contributed by atoms with van der Waals surface area (Å²) < 4.78 is 16.6. The molecule has 3 heterocycles. The Morgan fingerprint density at radius 3 is 2.44 bits per heavy atom. The highest BCUT2D eigenvalue weighted by atomic mass is 32.1. The molecule has 0 unspecified atom stereocenters. The van der Waals surface area contributed by atoms with Crippen molar-refractivity contribution in [1.29, 1.82) is 0 Å². The largest absolute Gasteiger partial charge is 0.497 e. The second-order valence-electron chi connectivity index (χ2n) is 8.34. The van der Waals surface area contributed by atoms with Crippen molar-refractivity contribution in [3.8, 4) is 22.6 Å². The average molecular weight is 453 g/mol. The summed E-state index contributed by atoms with van der Waals surface area (Å²) in [6, 6.07) is 5.86. The minimum absolute atomic E-state index is 0.0211. The minimum atomic E-state index is 0.0211. The van der Waals surface area contributed by atoms with Gasteiger partial charge in [-0.15, -0.1) is 11.3 Å². The number of ether oxygens (including phenoxy) is 3. The molecule has 0 saturated carbocycles.